The van der Waals surface area contributed by atoms with Gasteiger partial charge in [-0.25, -0.2) is 33.4 Å². The first-order valence-electron chi connectivity index (χ1n) is 13.0. The molecule has 7 N–H and O–H groups in total. The number of ketones is 1. The third-order valence-corrected chi connectivity index (χ3v) is 10.3. The normalized spacial score (nSPS) is 22.4. The fraction of sp³-hybridized carbons (Fsp3) is 0.208. The van der Waals surface area contributed by atoms with E-state index in [4.69, 9.17) is 25.0 Å². The molecule has 0 amide bonds. The topological polar surface area (TPSA) is 302 Å². The van der Waals surface area contributed by atoms with E-state index in [-0.39, 0.29) is 33.9 Å². The van der Waals surface area contributed by atoms with Crippen LogP contribution in [0.4, 0.5) is 5.82 Å². The molecule has 5 rings (SSSR count). The van der Waals surface area contributed by atoms with Crippen molar-refractivity contribution in [3.05, 3.63) is 83.9 Å². The van der Waals surface area contributed by atoms with Crippen LogP contribution in [-0.4, -0.2) is 80.9 Å². The number of aliphatic hydroxyl groups excluding tert-OH is 1. The summed E-state index contributed by atoms with van der Waals surface area (Å²) in [7, 11) is -17.1. The number of rotatable bonds is 12. The van der Waals surface area contributed by atoms with Gasteiger partial charge in [0.1, 0.15) is 24.1 Å². The van der Waals surface area contributed by atoms with Crippen molar-refractivity contribution in [3.8, 4) is 0 Å². The number of phosphoric ester groups is 1. The van der Waals surface area contributed by atoms with E-state index >= 15 is 0 Å². The number of hydrogen-bond donors (Lipinski definition) is 6. The van der Waals surface area contributed by atoms with Crippen molar-refractivity contribution >= 4 is 52.2 Å². The lowest BCUT2D eigenvalue weighted by atomic mass is 10.0. The number of esters is 1. The molecule has 2 unspecified atom stereocenters. The van der Waals surface area contributed by atoms with Gasteiger partial charge in [-0.2, -0.15) is 8.62 Å². The summed E-state index contributed by atoms with van der Waals surface area (Å²) in [5.41, 5.74) is 6.72. The molecule has 0 saturated carbocycles. The number of aromatic nitrogens is 4. The van der Waals surface area contributed by atoms with Gasteiger partial charge in [-0.05, 0) is 12.1 Å². The van der Waals surface area contributed by atoms with Crippen LogP contribution >= 0.6 is 23.5 Å². The standard InChI is InChI=1S/C24H24N5O15P3/c25-21-17-22(27-11-26-21)29(12-28-17)23-20(19(31)16(41-23)10-40-46(36,37)44-47(38,39)43-45(33,34)35)42-24(32)15-8-6-14(7-9-15)18(30)13-4-2-1-3-5-13/h1-9,11-12,16,19-20,23,31H,10H2,(H,36,37)(H,38,39)(H2,25,26,27)(H2,33,34,35)/t16-,19-,20-,23+/m1/s1. The lowest BCUT2D eigenvalue weighted by molar-refractivity contribution is -0.0558. The second kappa shape index (κ2) is 13.4. The van der Waals surface area contributed by atoms with E-state index in [1.54, 1.807) is 30.3 Å². The third-order valence-electron chi connectivity index (χ3n) is 6.45. The second-order valence-electron chi connectivity index (χ2n) is 9.67. The molecule has 4 aromatic rings. The maximum absolute atomic E-state index is 13.2. The number of fused-ring (bicyclic) bond motifs is 1. The number of benzene rings is 2. The molecule has 1 aliphatic heterocycles. The maximum Gasteiger partial charge on any atom is 0.490 e. The van der Waals surface area contributed by atoms with Crippen LogP contribution in [0.5, 0.6) is 0 Å². The largest absolute Gasteiger partial charge is 0.490 e. The highest BCUT2D eigenvalue weighted by molar-refractivity contribution is 7.66. The first-order valence-corrected chi connectivity index (χ1v) is 17.5. The summed E-state index contributed by atoms with van der Waals surface area (Å²) < 4.78 is 59.4. The first kappa shape index (κ1) is 34.6. The second-order valence-corrected chi connectivity index (χ2v) is 14.1. The molecular formula is C24H24N5O15P3. The molecule has 1 aliphatic rings. The molecule has 0 aliphatic carbocycles. The van der Waals surface area contributed by atoms with Gasteiger partial charge < -0.3 is 39.9 Å². The molecule has 23 heteroatoms. The number of nitrogen functional groups attached to an aromatic ring is 1. The number of carbonyl (C=O) groups is 2. The van der Waals surface area contributed by atoms with Gasteiger partial charge in [0.05, 0.1) is 18.5 Å². The Labute approximate surface area is 263 Å². The smallest absolute Gasteiger partial charge is 0.451 e. The van der Waals surface area contributed by atoms with Gasteiger partial charge in [0, 0.05) is 11.1 Å². The lowest BCUT2D eigenvalue weighted by Gasteiger charge is -2.22. The average molecular weight is 715 g/mol. The highest BCUT2D eigenvalue weighted by atomic mass is 31.3. The van der Waals surface area contributed by atoms with Crippen molar-refractivity contribution in [2.24, 2.45) is 0 Å². The van der Waals surface area contributed by atoms with Crippen molar-refractivity contribution in [1.29, 1.82) is 0 Å². The van der Waals surface area contributed by atoms with E-state index in [0.717, 1.165) is 6.33 Å². The quantitative estimate of drug-likeness (QED) is 0.0687. The van der Waals surface area contributed by atoms with Crippen LogP contribution in [0.3, 0.4) is 0 Å². The number of nitrogens with zero attached hydrogens (tertiary/aromatic N) is 4. The van der Waals surface area contributed by atoms with Gasteiger partial charge in [-0.3, -0.25) is 13.9 Å². The molecule has 0 radical (unpaired) electrons. The highest BCUT2D eigenvalue weighted by Gasteiger charge is 2.49. The summed E-state index contributed by atoms with van der Waals surface area (Å²) in [6, 6.07) is 13.9. The Bertz CT molecular complexity index is 1940. The van der Waals surface area contributed by atoms with Crippen LogP contribution in [-0.2, 0) is 36.3 Å². The number of anilines is 1. The van der Waals surface area contributed by atoms with Crippen LogP contribution in [0, 0.1) is 0 Å². The van der Waals surface area contributed by atoms with Crippen LogP contribution in [0.15, 0.2) is 67.3 Å². The summed E-state index contributed by atoms with van der Waals surface area (Å²) in [5.74, 6) is -1.29. The van der Waals surface area contributed by atoms with Gasteiger partial charge in [-0.15, -0.1) is 0 Å². The molecule has 1 saturated heterocycles. The Hall–Kier alpha value is -3.74. The predicted octanol–water partition coefficient (Wildman–Crippen LogP) is 1.47. The molecule has 2 aromatic heterocycles. The van der Waals surface area contributed by atoms with Gasteiger partial charge in [0.15, 0.2) is 29.6 Å². The molecule has 0 bridgehead atoms. The molecule has 0 spiro atoms. The molecule has 6 atom stereocenters. The molecule has 2 aromatic carbocycles. The van der Waals surface area contributed by atoms with Gasteiger partial charge in [0.2, 0.25) is 0 Å². The number of ether oxygens (including phenoxy) is 2. The van der Waals surface area contributed by atoms with Crippen LogP contribution < -0.4 is 5.73 Å². The van der Waals surface area contributed by atoms with Crippen molar-refractivity contribution in [2.75, 3.05) is 12.3 Å². The Morgan fingerprint density at radius 1 is 0.872 bits per heavy atom. The van der Waals surface area contributed by atoms with E-state index in [1.807, 2.05) is 0 Å². The van der Waals surface area contributed by atoms with Gasteiger partial charge in [0.25, 0.3) is 0 Å². The first-order chi connectivity index (χ1) is 22.0. The highest BCUT2D eigenvalue weighted by Crippen LogP contribution is 2.66. The molecule has 250 valence electrons. The third kappa shape index (κ3) is 8.22. The molecular weight excluding hydrogens is 691 g/mol. The number of hydrogen-bond acceptors (Lipinski definition) is 15. The van der Waals surface area contributed by atoms with Crippen molar-refractivity contribution in [1.82, 2.24) is 19.5 Å². The zero-order valence-corrected chi connectivity index (χ0v) is 26.1. The summed E-state index contributed by atoms with van der Waals surface area (Å²) in [5, 5.41) is 11.1. The van der Waals surface area contributed by atoms with Crippen LogP contribution in [0.2, 0.25) is 0 Å². The number of nitrogens with two attached hydrogens (primary N) is 1. The number of imidazole rings is 1. The van der Waals surface area contributed by atoms with E-state index in [9.17, 15) is 38.2 Å². The van der Waals surface area contributed by atoms with Crippen molar-refractivity contribution < 1.29 is 70.6 Å². The predicted molar refractivity (Wildman–Crippen MR) is 155 cm³/mol. The molecule has 20 nitrogen and oxygen atoms in total. The Balaban J connectivity index is 1.36. The Morgan fingerprint density at radius 2 is 1.51 bits per heavy atom. The molecule has 1 fully saturated rings. The fourth-order valence-electron chi connectivity index (χ4n) is 4.44. The average Bonchev–Trinajstić information content (AvgIpc) is 3.56. The summed E-state index contributed by atoms with van der Waals surface area (Å²) in [6.07, 6.45) is -4.15. The molecule has 3 heterocycles. The maximum atomic E-state index is 13.2. The van der Waals surface area contributed by atoms with Crippen LogP contribution in [0.1, 0.15) is 32.5 Å². The monoisotopic (exact) mass is 715 g/mol. The SMILES string of the molecule is Nc1ncnc2c1ncn2[C@H]1O[C@H](COP(=O)(O)OP(=O)(O)OP(=O)(O)O)[C@@H](O)[C@H]1OC(=O)c1ccc(C(=O)c2ccccc2)cc1. The van der Waals surface area contributed by atoms with E-state index in [2.05, 4.69) is 28.1 Å². The Morgan fingerprint density at radius 3 is 2.17 bits per heavy atom. The van der Waals surface area contributed by atoms with Crippen molar-refractivity contribution in [2.45, 2.75) is 24.5 Å². The minimum Gasteiger partial charge on any atom is -0.451 e. The number of phosphoric acid groups is 3. The Kier molecular flexibility index (Phi) is 9.87. The molecule has 47 heavy (non-hydrogen) atoms. The van der Waals surface area contributed by atoms with Gasteiger partial charge >= 0.3 is 29.4 Å². The summed E-state index contributed by atoms with van der Waals surface area (Å²) in [4.78, 5) is 74.6. The summed E-state index contributed by atoms with van der Waals surface area (Å²) >= 11 is 0. The lowest BCUT2D eigenvalue weighted by Crippen LogP contribution is -2.37. The minimum atomic E-state index is -5.82. The van der Waals surface area contributed by atoms with E-state index in [1.165, 1.54) is 35.2 Å². The van der Waals surface area contributed by atoms with Gasteiger partial charge in [-0.1, -0.05) is 42.5 Å². The zero-order chi connectivity index (χ0) is 34.1. The van der Waals surface area contributed by atoms with E-state index < -0.39 is 60.6 Å². The number of carbonyl (C=O) groups excluding carboxylic acids is 2. The van der Waals surface area contributed by atoms with Crippen molar-refractivity contribution in [3.63, 3.8) is 0 Å². The minimum absolute atomic E-state index is 0.0183. The summed E-state index contributed by atoms with van der Waals surface area (Å²) in [6.45, 7) is -1.06. The number of aliphatic hydroxyl groups is 1. The van der Waals surface area contributed by atoms with Crippen LogP contribution in [0.25, 0.3) is 11.2 Å². The van der Waals surface area contributed by atoms with E-state index in [0.29, 0.717) is 5.56 Å². The fourth-order valence-corrected chi connectivity index (χ4v) is 7.47. The zero-order valence-electron chi connectivity index (χ0n) is 23.4.